The first-order valence-corrected chi connectivity index (χ1v) is 6.72. The highest BCUT2D eigenvalue weighted by atomic mass is 16.5. The fourth-order valence-corrected chi connectivity index (χ4v) is 1.55. The Labute approximate surface area is 115 Å². The van der Waals surface area contributed by atoms with Gasteiger partial charge < -0.3 is 20.1 Å². The molecule has 6 heteroatoms. The van der Waals surface area contributed by atoms with Gasteiger partial charge in [-0.3, -0.25) is 4.79 Å². The van der Waals surface area contributed by atoms with Crippen molar-refractivity contribution < 1.29 is 19.4 Å². The lowest BCUT2D eigenvalue weighted by atomic mass is 10.2. The molecule has 0 rings (SSSR count). The summed E-state index contributed by atoms with van der Waals surface area (Å²) in [5.74, 6) is -0.838. The van der Waals surface area contributed by atoms with Gasteiger partial charge in [-0.25, -0.2) is 4.79 Å². The van der Waals surface area contributed by atoms with Crippen LogP contribution in [0.25, 0.3) is 0 Å². The molecule has 0 bridgehead atoms. The van der Waals surface area contributed by atoms with Gasteiger partial charge in [0.1, 0.15) is 0 Å². The Balaban J connectivity index is 4.01. The fraction of sp³-hybridized carbons (Fsp3) is 0.846. The van der Waals surface area contributed by atoms with E-state index in [0.717, 1.165) is 0 Å². The van der Waals surface area contributed by atoms with Gasteiger partial charge in [0.15, 0.2) is 0 Å². The monoisotopic (exact) mass is 274 g/mol. The highest BCUT2D eigenvalue weighted by Crippen LogP contribution is 2.02. The van der Waals surface area contributed by atoms with Crippen LogP contribution in [0.2, 0.25) is 0 Å². The van der Waals surface area contributed by atoms with Gasteiger partial charge in [0, 0.05) is 25.6 Å². The van der Waals surface area contributed by atoms with Crippen LogP contribution in [0.1, 0.15) is 40.5 Å². The summed E-state index contributed by atoms with van der Waals surface area (Å²) in [5.41, 5.74) is 0. The van der Waals surface area contributed by atoms with E-state index in [-0.39, 0.29) is 24.6 Å². The average molecular weight is 274 g/mol. The maximum Gasteiger partial charge on any atom is 0.317 e. The smallest absolute Gasteiger partial charge is 0.317 e. The molecule has 0 spiro atoms. The maximum atomic E-state index is 11.9. The number of carboxylic acids is 1. The van der Waals surface area contributed by atoms with Gasteiger partial charge in [0.25, 0.3) is 0 Å². The lowest BCUT2D eigenvalue weighted by Gasteiger charge is -2.26. The summed E-state index contributed by atoms with van der Waals surface area (Å²) in [5, 5.41) is 11.4. The van der Waals surface area contributed by atoms with Crippen LogP contribution in [0.4, 0.5) is 4.79 Å². The van der Waals surface area contributed by atoms with E-state index in [2.05, 4.69) is 5.32 Å². The van der Waals surface area contributed by atoms with Crippen LogP contribution in [-0.4, -0.2) is 53.8 Å². The first kappa shape index (κ1) is 17.7. The highest BCUT2D eigenvalue weighted by molar-refractivity contribution is 5.74. The molecule has 0 radical (unpaired) electrons. The topological polar surface area (TPSA) is 78.9 Å². The summed E-state index contributed by atoms with van der Waals surface area (Å²) in [4.78, 5) is 24.0. The Kier molecular flexibility index (Phi) is 8.95. The molecule has 0 saturated carbocycles. The number of carbonyl (C=O) groups is 2. The molecular formula is C13H26N2O4. The van der Waals surface area contributed by atoms with Crippen molar-refractivity contribution in [1.82, 2.24) is 10.2 Å². The number of carbonyl (C=O) groups excluding carboxylic acids is 1. The van der Waals surface area contributed by atoms with Crippen LogP contribution in [0.3, 0.4) is 0 Å². The first-order valence-electron chi connectivity index (χ1n) is 6.72. The Hall–Kier alpha value is -1.30. The summed E-state index contributed by atoms with van der Waals surface area (Å²) in [6, 6.07) is -0.132. The second-order valence-corrected chi connectivity index (χ2v) is 4.94. The van der Waals surface area contributed by atoms with Gasteiger partial charge in [-0.1, -0.05) is 0 Å². The molecular weight excluding hydrogens is 248 g/mol. The third-order valence-electron chi connectivity index (χ3n) is 2.50. The molecule has 0 atom stereocenters. The van der Waals surface area contributed by atoms with Crippen molar-refractivity contribution in [3.63, 3.8) is 0 Å². The van der Waals surface area contributed by atoms with Crippen LogP contribution in [0, 0.1) is 0 Å². The van der Waals surface area contributed by atoms with Crippen molar-refractivity contribution in [3.05, 3.63) is 0 Å². The molecule has 0 fully saturated rings. The number of amides is 2. The second kappa shape index (κ2) is 9.61. The molecule has 112 valence electrons. The lowest BCUT2D eigenvalue weighted by Crippen LogP contribution is -2.45. The van der Waals surface area contributed by atoms with Crippen LogP contribution >= 0.6 is 0 Å². The zero-order chi connectivity index (χ0) is 14.8. The van der Waals surface area contributed by atoms with Gasteiger partial charge >= 0.3 is 12.0 Å². The van der Waals surface area contributed by atoms with E-state index in [1.54, 1.807) is 4.90 Å². The predicted molar refractivity (Wildman–Crippen MR) is 73.2 cm³/mol. The number of urea groups is 1. The van der Waals surface area contributed by atoms with Gasteiger partial charge in [0.2, 0.25) is 0 Å². The van der Waals surface area contributed by atoms with Crippen LogP contribution in [-0.2, 0) is 9.53 Å². The van der Waals surface area contributed by atoms with Crippen LogP contribution in [0.5, 0.6) is 0 Å². The van der Waals surface area contributed by atoms with Crippen molar-refractivity contribution in [2.45, 2.75) is 52.7 Å². The molecule has 0 aromatic heterocycles. The minimum absolute atomic E-state index is 0.0415. The normalized spacial score (nSPS) is 10.8. The number of nitrogens with zero attached hydrogens (tertiary/aromatic N) is 1. The van der Waals surface area contributed by atoms with E-state index in [1.807, 2.05) is 27.7 Å². The summed E-state index contributed by atoms with van der Waals surface area (Å²) < 4.78 is 5.33. The summed E-state index contributed by atoms with van der Waals surface area (Å²) in [7, 11) is 0. The van der Waals surface area contributed by atoms with Crippen LogP contribution < -0.4 is 5.32 Å². The van der Waals surface area contributed by atoms with E-state index in [9.17, 15) is 9.59 Å². The highest BCUT2D eigenvalue weighted by Gasteiger charge is 2.16. The van der Waals surface area contributed by atoms with Gasteiger partial charge in [-0.2, -0.15) is 0 Å². The number of rotatable bonds is 9. The Morgan fingerprint density at radius 1 is 1.26 bits per heavy atom. The zero-order valence-electron chi connectivity index (χ0n) is 12.3. The number of nitrogens with one attached hydrogen (secondary N) is 1. The number of hydrogen-bond acceptors (Lipinski definition) is 3. The second-order valence-electron chi connectivity index (χ2n) is 4.94. The molecule has 0 aliphatic rings. The van der Waals surface area contributed by atoms with E-state index >= 15 is 0 Å². The van der Waals surface area contributed by atoms with Crippen LogP contribution in [0.15, 0.2) is 0 Å². The van der Waals surface area contributed by atoms with E-state index in [1.165, 1.54) is 0 Å². The molecule has 2 N–H and O–H groups in total. The number of aliphatic carboxylic acids is 1. The van der Waals surface area contributed by atoms with Gasteiger partial charge in [-0.05, 0) is 34.1 Å². The molecule has 2 amide bonds. The zero-order valence-corrected chi connectivity index (χ0v) is 12.3. The van der Waals surface area contributed by atoms with Crippen molar-refractivity contribution in [3.8, 4) is 0 Å². The largest absolute Gasteiger partial charge is 0.481 e. The Bertz CT molecular complexity index is 280. The van der Waals surface area contributed by atoms with Gasteiger partial charge in [-0.15, -0.1) is 0 Å². The molecule has 0 aromatic rings. The number of ether oxygens (including phenoxy) is 1. The molecule has 0 aliphatic heterocycles. The third-order valence-corrected chi connectivity index (χ3v) is 2.50. The molecule has 0 aromatic carbocycles. The quantitative estimate of drug-likeness (QED) is 0.627. The fourth-order valence-electron chi connectivity index (χ4n) is 1.55. The summed E-state index contributed by atoms with van der Waals surface area (Å²) >= 11 is 0. The average Bonchev–Trinajstić information content (AvgIpc) is 2.28. The summed E-state index contributed by atoms with van der Waals surface area (Å²) in [6.07, 6.45) is 0.685. The molecule has 0 saturated heterocycles. The minimum Gasteiger partial charge on any atom is -0.481 e. The lowest BCUT2D eigenvalue weighted by molar-refractivity contribution is -0.137. The number of carboxylic acid groups (broad SMARTS) is 1. The maximum absolute atomic E-state index is 11.9. The Morgan fingerprint density at radius 2 is 1.89 bits per heavy atom. The van der Waals surface area contributed by atoms with Crippen molar-refractivity contribution in [2.24, 2.45) is 0 Å². The SMILES string of the molecule is CC(C)OCCNC(=O)N(CCCC(=O)O)C(C)C. The standard InChI is InChI=1S/C13H26N2O4/c1-10(2)15(8-5-6-12(16)17)13(18)14-7-9-19-11(3)4/h10-11H,5-9H2,1-4H3,(H,14,18)(H,16,17). The molecule has 19 heavy (non-hydrogen) atoms. The third kappa shape index (κ3) is 9.30. The van der Waals surface area contributed by atoms with E-state index < -0.39 is 5.97 Å². The van der Waals surface area contributed by atoms with Gasteiger partial charge in [0.05, 0.1) is 12.7 Å². The van der Waals surface area contributed by atoms with Crippen molar-refractivity contribution in [1.29, 1.82) is 0 Å². The summed E-state index contributed by atoms with van der Waals surface area (Å²) in [6.45, 7) is 9.07. The van der Waals surface area contributed by atoms with E-state index in [4.69, 9.17) is 9.84 Å². The number of hydrogen-bond donors (Lipinski definition) is 2. The van der Waals surface area contributed by atoms with E-state index in [0.29, 0.717) is 26.1 Å². The minimum atomic E-state index is -0.838. The van der Waals surface area contributed by atoms with Crippen molar-refractivity contribution in [2.75, 3.05) is 19.7 Å². The molecule has 0 heterocycles. The predicted octanol–water partition coefficient (Wildman–Crippen LogP) is 1.70. The molecule has 6 nitrogen and oxygen atoms in total. The Morgan fingerprint density at radius 3 is 2.37 bits per heavy atom. The molecule has 0 unspecified atom stereocenters. The first-order chi connectivity index (χ1) is 8.84. The van der Waals surface area contributed by atoms with Crippen molar-refractivity contribution >= 4 is 12.0 Å². The molecule has 0 aliphatic carbocycles.